The first-order chi connectivity index (χ1) is 53.1. The van der Waals surface area contributed by atoms with Gasteiger partial charge in [0.15, 0.2) is 6.29 Å². The Hall–Kier alpha value is -3.42. The van der Waals surface area contributed by atoms with E-state index in [4.69, 9.17) is 47.4 Å². The Morgan fingerprint density at radius 2 is 1.06 bits per heavy atom. The maximum Gasteiger partial charge on any atom is 0.364 e. The number of nitrogens with one attached hydrogen (secondary N) is 3. The van der Waals surface area contributed by atoms with Crippen LogP contribution in [0, 0.1) is 0 Å². The van der Waals surface area contributed by atoms with Crippen LogP contribution in [0.25, 0.3) is 0 Å². The minimum atomic E-state index is -3.76. The van der Waals surface area contributed by atoms with E-state index in [9.17, 15) is 106 Å². The van der Waals surface area contributed by atoms with Gasteiger partial charge in [-0.05, 0) is 19.3 Å². The van der Waals surface area contributed by atoms with E-state index in [0.29, 0.717) is 12.8 Å². The van der Waals surface area contributed by atoms with Crippen molar-refractivity contribution in [3.63, 3.8) is 0 Å². The first-order valence-corrected chi connectivity index (χ1v) is 41.1. The molecule has 5 aliphatic heterocycles. The lowest BCUT2D eigenvalue weighted by molar-refractivity contribution is -0.536. The van der Waals surface area contributed by atoms with Crippen LogP contribution in [0.1, 0.15) is 252 Å². The van der Waals surface area contributed by atoms with E-state index in [0.717, 1.165) is 84.5 Å². The van der Waals surface area contributed by atoms with Crippen LogP contribution in [0.5, 0.6) is 0 Å². The maximum atomic E-state index is 14.1. The van der Waals surface area contributed by atoms with Crippen LogP contribution in [0.4, 0.5) is 0 Å². The molecule has 648 valence electrons. The SMILES string of the molecule is CCCCCCCCCCCCCCC/C=C/[C@H](O)[C@@H](CO[C@]1(CO)OC[C@@H](O)[C@@H](O)[C@@H]1O[C@@]1(O[C@]2(C(=O)O)C[C@H](O)[C@@H](NC(C)=O)[C@H]([C@H](O)[C@H](O)CO)O2)O[C@H](CO)[C@@H](O[C@@]2(O[C@H]3O[C@H](CO)[C@H](O)[C@H](O)[C@H]3O)O[C@H](CO)[C@H](O)C[C@H]2NC(C)=O)C[C@H]1O)NC(=O)CCCCCCCCCCCCCCCCCCC. The summed E-state index contributed by atoms with van der Waals surface area (Å²) in [6.07, 6.45) is -3.95. The quantitative estimate of drug-likeness (QED) is 0.0231. The minimum Gasteiger partial charge on any atom is -0.477 e. The Morgan fingerprint density at radius 1 is 0.550 bits per heavy atom. The molecule has 5 rings (SSSR count). The van der Waals surface area contributed by atoms with Crippen molar-refractivity contribution in [2.24, 2.45) is 0 Å². The van der Waals surface area contributed by atoms with E-state index in [2.05, 4.69) is 29.8 Å². The molecular weight excluding hydrogens is 1460 g/mol. The molecule has 0 bridgehead atoms. The molecule has 0 aromatic heterocycles. The number of aliphatic hydroxyl groups is 16. The number of aliphatic carboxylic acids is 1. The highest BCUT2D eigenvalue weighted by atomic mass is 16.9. The first-order valence-electron chi connectivity index (χ1n) is 41.1. The van der Waals surface area contributed by atoms with E-state index < -0.39 is 241 Å². The zero-order chi connectivity index (χ0) is 81.7. The molecule has 0 radical (unpaired) electrons. The van der Waals surface area contributed by atoms with Gasteiger partial charge < -0.3 is 141 Å². The van der Waals surface area contributed by atoms with Crippen LogP contribution in [0.2, 0.25) is 0 Å². The number of ether oxygens (including phenoxy) is 10. The van der Waals surface area contributed by atoms with Crippen molar-refractivity contribution < 1.29 is 153 Å². The molecule has 20 N–H and O–H groups in total. The van der Waals surface area contributed by atoms with Crippen LogP contribution in [0.15, 0.2) is 12.2 Å². The summed E-state index contributed by atoms with van der Waals surface area (Å²) in [5.41, 5.74) is 0. The molecule has 0 aliphatic carbocycles. The van der Waals surface area contributed by atoms with Crippen molar-refractivity contribution in [2.45, 2.75) is 404 Å². The lowest BCUT2D eigenvalue weighted by Gasteiger charge is -2.56. The molecule has 34 nitrogen and oxygen atoms in total. The number of carbonyl (C=O) groups excluding carboxylic acids is 3. The monoisotopic (exact) mass is 1600 g/mol. The fourth-order valence-electron chi connectivity index (χ4n) is 15.0. The molecule has 5 saturated heterocycles. The number of hydrogen-bond donors (Lipinski definition) is 20. The van der Waals surface area contributed by atoms with Crippen LogP contribution < -0.4 is 16.0 Å². The Labute approximate surface area is 653 Å². The third kappa shape index (κ3) is 30.2. The largest absolute Gasteiger partial charge is 0.477 e. The van der Waals surface area contributed by atoms with Gasteiger partial charge in [0.05, 0.1) is 76.1 Å². The number of unbranched alkanes of at least 4 members (excludes halogenated alkanes) is 29. The molecule has 0 spiro atoms. The Morgan fingerprint density at radius 3 is 1.56 bits per heavy atom. The second kappa shape index (κ2) is 51.0. The number of carbonyl (C=O) groups is 4. The van der Waals surface area contributed by atoms with Gasteiger partial charge >= 0.3 is 17.9 Å². The molecule has 25 atom stereocenters. The van der Waals surface area contributed by atoms with Crippen molar-refractivity contribution in [1.29, 1.82) is 0 Å². The van der Waals surface area contributed by atoms with Gasteiger partial charge in [-0.1, -0.05) is 206 Å². The average Bonchev–Trinajstić information content (AvgIpc) is 0.728. The van der Waals surface area contributed by atoms with Gasteiger partial charge in [0.25, 0.3) is 5.79 Å². The van der Waals surface area contributed by atoms with E-state index in [1.54, 1.807) is 6.08 Å². The van der Waals surface area contributed by atoms with Gasteiger partial charge in [0.2, 0.25) is 23.5 Å². The summed E-state index contributed by atoms with van der Waals surface area (Å²) in [5.74, 6) is -17.9. The van der Waals surface area contributed by atoms with Crippen LogP contribution in [-0.2, 0) is 66.5 Å². The number of allylic oxidation sites excluding steroid dienone is 1. The highest BCUT2D eigenvalue weighted by Gasteiger charge is 2.68. The van der Waals surface area contributed by atoms with E-state index >= 15 is 0 Å². The smallest absolute Gasteiger partial charge is 0.364 e. The summed E-state index contributed by atoms with van der Waals surface area (Å²) in [5, 5.41) is 200. The van der Waals surface area contributed by atoms with E-state index in [1.807, 2.05) is 0 Å². The minimum absolute atomic E-state index is 0.0179. The number of amides is 3. The number of carboxylic acid groups (broad SMARTS) is 1. The summed E-state index contributed by atoms with van der Waals surface area (Å²) in [4.78, 5) is 53.8. The highest BCUT2D eigenvalue weighted by Crippen LogP contribution is 2.47. The highest BCUT2D eigenvalue weighted by molar-refractivity contribution is 5.77. The third-order valence-corrected chi connectivity index (χ3v) is 21.6. The second-order valence-electron chi connectivity index (χ2n) is 30.9. The predicted octanol–water partition coefficient (Wildman–Crippen LogP) is 1.22. The Bertz CT molecular complexity index is 2630. The molecular formula is C77H139N3O31. The zero-order valence-electron chi connectivity index (χ0n) is 65.8. The summed E-state index contributed by atoms with van der Waals surface area (Å²) in [6, 6.07) is -5.04. The average molecular weight is 1600 g/mol. The first kappa shape index (κ1) is 98.2. The van der Waals surface area contributed by atoms with Crippen molar-refractivity contribution >= 4 is 23.7 Å². The number of aliphatic hydroxyl groups excluding tert-OH is 16. The van der Waals surface area contributed by atoms with Crippen LogP contribution >= 0.6 is 0 Å². The summed E-state index contributed by atoms with van der Waals surface area (Å²) >= 11 is 0. The number of carboxylic acids is 1. The van der Waals surface area contributed by atoms with E-state index in [-0.39, 0.29) is 6.42 Å². The molecule has 5 fully saturated rings. The van der Waals surface area contributed by atoms with Crippen molar-refractivity contribution in [1.82, 2.24) is 16.0 Å². The lowest BCUT2D eigenvalue weighted by Crippen LogP contribution is -2.75. The fourth-order valence-corrected chi connectivity index (χ4v) is 15.0. The van der Waals surface area contributed by atoms with Crippen molar-refractivity contribution in [2.75, 3.05) is 46.2 Å². The van der Waals surface area contributed by atoms with Crippen molar-refractivity contribution in [3.05, 3.63) is 12.2 Å². The lowest BCUT2D eigenvalue weighted by atomic mass is 9.88. The number of hydrogen-bond acceptors (Lipinski definition) is 30. The molecule has 34 heteroatoms. The van der Waals surface area contributed by atoms with Gasteiger partial charge in [-0.3, -0.25) is 23.9 Å². The van der Waals surface area contributed by atoms with Gasteiger partial charge in [0, 0.05) is 39.5 Å². The fraction of sp³-hybridized carbons (Fsp3) is 0.922. The van der Waals surface area contributed by atoms with E-state index in [1.165, 1.54) is 122 Å². The zero-order valence-corrected chi connectivity index (χ0v) is 65.8. The molecule has 0 aromatic rings. The Balaban J connectivity index is 1.51. The predicted molar refractivity (Wildman–Crippen MR) is 396 cm³/mol. The summed E-state index contributed by atoms with van der Waals surface area (Å²) < 4.78 is 61.7. The van der Waals surface area contributed by atoms with Gasteiger partial charge in [-0.2, -0.15) is 0 Å². The van der Waals surface area contributed by atoms with Gasteiger partial charge in [0.1, 0.15) is 92.0 Å². The van der Waals surface area contributed by atoms with Gasteiger partial charge in [-0.25, -0.2) is 4.79 Å². The Kier molecular flexibility index (Phi) is 45.1. The van der Waals surface area contributed by atoms with Crippen molar-refractivity contribution in [3.8, 4) is 0 Å². The molecule has 0 aromatic carbocycles. The standard InChI is InChI=1S/C77H139N3O31/c1-5-7-9-11-13-15-17-19-21-22-24-26-28-30-32-34-36-38-63(94)80-51(52(88)37-35-33-31-29-27-25-23-20-18-16-14-12-10-8-6-2)46-102-75(48-85)71(66(96)56(92)47-103-75)109-77(111-74(73(100)101)41-54(90)64(79-50(4)87)70(108-74)65(95)55(91)42-81)62(93)40-57(59(44-83)107-77)105-76(61(78-49(3)86)39-53(89)58(43-82)106-76)110-72-69(99)68(98)67(97)60(45-84)104-72/h35,37,51-62,64-72,81-85,88-93,95-99H,5-34,36,38-48H2,1-4H3,(H,78,86)(H,79,87)(H,80,94)(H,100,101)/b37-35+/t51-,52+,53-,54+,55-,56-,57+,58-,59-,60-,61-,62-,64-,65-,66-,67+,68+,69-,70-,71+,72-,74+,75-,76-,77+/m1/s1. The normalized spacial score (nSPS) is 33.8. The topological polar surface area (TPSA) is 541 Å². The molecule has 5 heterocycles. The number of rotatable bonds is 56. The molecule has 0 unspecified atom stereocenters. The van der Waals surface area contributed by atoms with Crippen LogP contribution in [-0.4, -0.2) is 308 Å². The summed E-state index contributed by atoms with van der Waals surface area (Å²) in [7, 11) is 0. The van der Waals surface area contributed by atoms with Crippen LogP contribution in [0.3, 0.4) is 0 Å². The molecule has 0 saturated carbocycles. The summed E-state index contributed by atoms with van der Waals surface area (Å²) in [6.45, 7) is -1.36. The molecule has 3 amide bonds. The van der Waals surface area contributed by atoms with Gasteiger partial charge in [-0.15, -0.1) is 0 Å². The maximum absolute atomic E-state index is 14.1. The third-order valence-electron chi connectivity index (χ3n) is 21.6. The molecule has 111 heavy (non-hydrogen) atoms. The second-order valence-corrected chi connectivity index (χ2v) is 30.9. The molecule has 5 aliphatic rings.